The molecule has 1 aliphatic heterocycles. The van der Waals surface area contributed by atoms with Gasteiger partial charge in [0.2, 0.25) is 6.29 Å². The van der Waals surface area contributed by atoms with Crippen molar-refractivity contribution in [3.8, 4) is 0 Å². The monoisotopic (exact) mass is 272 g/mol. The van der Waals surface area contributed by atoms with Crippen LogP contribution in [-0.2, 0) is 9.47 Å². The molecule has 2 nitrogen and oxygen atoms in total. The number of ether oxygens (including phenoxy) is 2. The maximum absolute atomic E-state index is 5.76. The van der Waals surface area contributed by atoms with Gasteiger partial charge in [0.15, 0.2) is 0 Å². The Kier molecular flexibility index (Phi) is 6.39. The van der Waals surface area contributed by atoms with E-state index in [-0.39, 0.29) is 6.29 Å². The summed E-state index contributed by atoms with van der Waals surface area (Å²) in [4.78, 5) is 0. The molecule has 0 spiro atoms. The summed E-state index contributed by atoms with van der Waals surface area (Å²) in [7, 11) is 0. The minimum Gasteiger partial charge on any atom is -0.468 e. The third kappa shape index (κ3) is 4.86. The van der Waals surface area contributed by atoms with Crippen molar-refractivity contribution in [2.45, 2.75) is 45.3 Å². The zero-order chi connectivity index (χ0) is 14.0. The first-order valence-corrected chi connectivity index (χ1v) is 7.57. The van der Waals surface area contributed by atoms with Gasteiger partial charge < -0.3 is 9.47 Å². The van der Waals surface area contributed by atoms with E-state index in [1.807, 2.05) is 36.6 Å². The molecule has 1 atom stereocenters. The summed E-state index contributed by atoms with van der Waals surface area (Å²) in [6, 6.07) is 10.1. The Hall–Kier alpha value is -1.54. The van der Waals surface area contributed by atoms with Gasteiger partial charge in [-0.3, -0.25) is 0 Å². The molecule has 0 aromatic heterocycles. The summed E-state index contributed by atoms with van der Waals surface area (Å²) < 4.78 is 11.5. The largest absolute Gasteiger partial charge is 0.468 e. The minimum absolute atomic E-state index is 0.276. The topological polar surface area (TPSA) is 18.5 Å². The van der Waals surface area contributed by atoms with E-state index < -0.39 is 0 Å². The zero-order valence-corrected chi connectivity index (χ0v) is 12.3. The fraction of sp³-hybridized carbons (Fsp3) is 0.444. The SMILES string of the molecule is CCCCCC=CC1=COC(c2ccccc2)OCC1. The van der Waals surface area contributed by atoms with E-state index in [0.717, 1.165) is 18.4 Å². The zero-order valence-electron chi connectivity index (χ0n) is 12.3. The van der Waals surface area contributed by atoms with Gasteiger partial charge in [-0.2, -0.15) is 0 Å². The Bertz CT molecular complexity index is 434. The van der Waals surface area contributed by atoms with Crippen LogP contribution < -0.4 is 0 Å². The Morgan fingerprint density at radius 3 is 2.85 bits per heavy atom. The molecule has 0 N–H and O–H groups in total. The van der Waals surface area contributed by atoms with Crippen LogP contribution in [0.2, 0.25) is 0 Å². The van der Waals surface area contributed by atoms with Crippen LogP contribution in [0.5, 0.6) is 0 Å². The molecule has 108 valence electrons. The van der Waals surface area contributed by atoms with Crippen molar-refractivity contribution < 1.29 is 9.47 Å². The lowest BCUT2D eigenvalue weighted by atomic mass is 10.1. The molecule has 0 aliphatic carbocycles. The van der Waals surface area contributed by atoms with Crippen LogP contribution in [0.25, 0.3) is 0 Å². The molecule has 0 fully saturated rings. The molecule has 1 heterocycles. The highest BCUT2D eigenvalue weighted by molar-refractivity contribution is 5.20. The molecule has 2 heteroatoms. The van der Waals surface area contributed by atoms with Gasteiger partial charge in [-0.25, -0.2) is 0 Å². The summed E-state index contributed by atoms with van der Waals surface area (Å²) in [6.45, 7) is 2.93. The number of benzene rings is 1. The Morgan fingerprint density at radius 1 is 1.20 bits per heavy atom. The predicted octanol–water partition coefficient (Wildman–Crippen LogP) is 5.14. The van der Waals surface area contributed by atoms with Crippen molar-refractivity contribution in [2.75, 3.05) is 6.61 Å². The number of unbranched alkanes of at least 4 members (excludes halogenated alkanes) is 3. The van der Waals surface area contributed by atoms with Gasteiger partial charge in [-0.1, -0.05) is 62.2 Å². The molecule has 0 amide bonds. The molecule has 0 bridgehead atoms. The van der Waals surface area contributed by atoms with Gasteiger partial charge in [0.25, 0.3) is 0 Å². The van der Waals surface area contributed by atoms with Crippen LogP contribution >= 0.6 is 0 Å². The average Bonchev–Trinajstić information content (AvgIpc) is 2.74. The summed E-state index contributed by atoms with van der Waals surface area (Å²) in [6.07, 6.45) is 11.9. The number of hydrogen-bond donors (Lipinski definition) is 0. The van der Waals surface area contributed by atoms with Crippen LogP contribution in [0, 0.1) is 0 Å². The number of allylic oxidation sites excluding steroid dienone is 2. The van der Waals surface area contributed by atoms with E-state index >= 15 is 0 Å². The highest BCUT2D eigenvalue weighted by Crippen LogP contribution is 2.24. The van der Waals surface area contributed by atoms with E-state index in [1.165, 1.54) is 24.8 Å². The van der Waals surface area contributed by atoms with Crippen LogP contribution in [-0.4, -0.2) is 6.61 Å². The molecular formula is C18H24O2. The van der Waals surface area contributed by atoms with Crippen LogP contribution in [0.15, 0.2) is 54.3 Å². The molecule has 0 saturated carbocycles. The normalized spacial score (nSPS) is 19.4. The van der Waals surface area contributed by atoms with Crippen molar-refractivity contribution >= 4 is 0 Å². The van der Waals surface area contributed by atoms with Gasteiger partial charge in [0, 0.05) is 5.56 Å². The molecule has 1 unspecified atom stereocenters. The van der Waals surface area contributed by atoms with Crippen LogP contribution in [0.4, 0.5) is 0 Å². The molecule has 0 saturated heterocycles. The third-order valence-electron chi connectivity index (χ3n) is 3.38. The molecule has 20 heavy (non-hydrogen) atoms. The molecule has 1 aliphatic rings. The Morgan fingerprint density at radius 2 is 2.05 bits per heavy atom. The lowest BCUT2D eigenvalue weighted by Crippen LogP contribution is -2.04. The lowest BCUT2D eigenvalue weighted by molar-refractivity contribution is -0.102. The fourth-order valence-electron chi connectivity index (χ4n) is 2.19. The van der Waals surface area contributed by atoms with E-state index in [2.05, 4.69) is 19.1 Å². The van der Waals surface area contributed by atoms with Gasteiger partial charge >= 0.3 is 0 Å². The molecule has 2 rings (SSSR count). The van der Waals surface area contributed by atoms with Crippen molar-refractivity contribution in [3.63, 3.8) is 0 Å². The highest BCUT2D eigenvalue weighted by atomic mass is 16.7. The van der Waals surface area contributed by atoms with Crippen molar-refractivity contribution in [1.82, 2.24) is 0 Å². The van der Waals surface area contributed by atoms with E-state index in [4.69, 9.17) is 9.47 Å². The predicted molar refractivity (Wildman–Crippen MR) is 82.2 cm³/mol. The third-order valence-corrected chi connectivity index (χ3v) is 3.38. The Balaban J connectivity index is 1.86. The maximum Gasteiger partial charge on any atom is 0.225 e. The van der Waals surface area contributed by atoms with Crippen molar-refractivity contribution in [1.29, 1.82) is 0 Å². The quantitative estimate of drug-likeness (QED) is 0.667. The van der Waals surface area contributed by atoms with E-state index in [9.17, 15) is 0 Å². The molecule has 1 aromatic rings. The average molecular weight is 272 g/mol. The second kappa shape index (κ2) is 8.60. The fourth-order valence-corrected chi connectivity index (χ4v) is 2.19. The van der Waals surface area contributed by atoms with Crippen LogP contribution in [0.1, 0.15) is 50.9 Å². The minimum atomic E-state index is -0.276. The van der Waals surface area contributed by atoms with Gasteiger partial charge in [0.1, 0.15) is 0 Å². The number of rotatable bonds is 6. The van der Waals surface area contributed by atoms with Crippen molar-refractivity contribution in [2.24, 2.45) is 0 Å². The first-order chi connectivity index (χ1) is 9.90. The van der Waals surface area contributed by atoms with Crippen LogP contribution in [0.3, 0.4) is 0 Å². The molecular weight excluding hydrogens is 248 g/mol. The van der Waals surface area contributed by atoms with Gasteiger partial charge in [-0.05, 0) is 24.8 Å². The molecule has 1 aromatic carbocycles. The number of hydrogen-bond acceptors (Lipinski definition) is 2. The lowest BCUT2D eigenvalue weighted by Gasteiger charge is -2.14. The van der Waals surface area contributed by atoms with Gasteiger partial charge in [-0.15, -0.1) is 0 Å². The summed E-state index contributed by atoms with van der Waals surface area (Å²) in [5.74, 6) is 0. The Labute approximate surface area is 122 Å². The molecule has 0 radical (unpaired) electrons. The van der Waals surface area contributed by atoms with Crippen molar-refractivity contribution in [3.05, 3.63) is 59.9 Å². The highest BCUT2D eigenvalue weighted by Gasteiger charge is 2.14. The second-order valence-corrected chi connectivity index (χ2v) is 5.09. The van der Waals surface area contributed by atoms with E-state index in [1.54, 1.807) is 0 Å². The second-order valence-electron chi connectivity index (χ2n) is 5.09. The summed E-state index contributed by atoms with van der Waals surface area (Å²) >= 11 is 0. The first kappa shape index (κ1) is 14.9. The maximum atomic E-state index is 5.76. The standard InChI is InChI=1S/C18H24O2/c1-2-3-4-5-7-10-16-13-14-19-18(20-15-16)17-11-8-6-9-12-17/h6-12,15,18H,2-5,13-14H2,1H3. The summed E-state index contributed by atoms with van der Waals surface area (Å²) in [5, 5.41) is 0. The summed E-state index contributed by atoms with van der Waals surface area (Å²) in [5.41, 5.74) is 2.27. The van der Waals surface area contributed by atoms with E-state index in [0.29, 0.717) is 6.61 Å². The first-order valence-electron chi connectivity index (χ1n) is 7.57. The smallest absolute Gasteiger partial charge is 0.225 e. The van der Waals surface area contributed by atoms with Gasteiger partial charge in [0.05, 0.1) is 12.9 Å².